The molecule has 0 bridgehead atoms. The van der Waals surface area contributed by atoms with Crippen LogP contribution in [0, 0.1) is 6.92 Å². The van der Waals surface area contributed by atoms with Gasteiger partial charge in [0.25, 0.3) is 0 Å². The summed E-state index contributed by atoms with van der Waals surface area (Å²) in [7, 11) is 0. The number of benzene rings is 1. The van der Waals surface area contributed by atoms with Gasteiger partial charge in [-0.15, -0.1) is 11.3 Å². The van der Waals surface area contributed by atoms with E-state index in [4.69, 9.17) is 4.74 Å². The first-order valence-corrected chi connectivity index (χ1v) is 9.36. The summed E-state index contributed by atoms with van der Waals surface area (Å²) < 4.78 is 5.69. The molecular formula is C20H21N3O2S. The van der Waals surface area contributed by atoms with Gasteiger partial charge in [0.1, 0.15) is 17.4 Å². The van der Waals surface area contributed by atoms with E-state index in [1.165, 1.54) is 0 Å². The Morgan fingerprint density at radius 1 is 1.19 bits per heavy atom. The normalized spacial score (nSPS) is 10.5. The summed E-state index contributed by atoms with van der Waals surface area (Å²) in [6.45, 7) is 2.95. The minimum atomic E-state index is 0.0295. The number of amides is 1. The Morgan fingerprint density at radius 2 is 2.04 bits per heavy atom. The smallest absolute Gasteiger partial charge is 0.224 e. The third-order valence-corrected chi connectivity index (χ3v) is 4.63. The van der Waals surface area contributed by atoms with Crippen LogP contribution in [-0.2, 0) is 24.2 Å². The molecule has 2 heterocycles. The van der Waals surface area contributed by atoms with Crippen molar-refractivity contribution >= 4 is 17.2 Å². The van der Waals surface area contributed by atoms with Crippen molar-refractivity contribution in [3.63, 3.8) is 0 Å². The second kappa shape index (κ2) is 9.10. The average Bonchev–Trinajstić information content (AvgIpc) is 3.10. The maximum atomic E-state index is 11.9. The third-order valence-electron chi connectivity index (χ3n) is 3.76. The molecule has 0 aliphatic rings. The number of aryl methyl sites for hydroxylation is 1. The number of pyridine rings is 1. The van der Waals surface area contributed by atoms with Crippen LogP contribution in [0.3, 0.4) is 0 Å². The van der Waals surface area contributed by atoms with Crippen LogP contribution in [-0.4, -0.2) is 22.4 Å². The standard InChI is InChI=1S/C20H21N3O2S/c1-15-7-8-18(12-22-15)25-13-20-23-17(14-26-20)9-10-21-19(24)11-16-5-3-2-4-6-16/h2-8,12,14H,9-11,13H2,1H3,(H,21,24). The van der Waals surface area contributed by atoms with Gasteiger partial charge in [-0.3, -0.25) is 9.78 Å². The second-order valence-corrected chi connectivity index (χ2v) is 6.86. The lowest BCUT2D eigenvalue weighted by Crippen LogP contribution is -2.27. The molecule has 3 aromatic rings. The molecule has 0 radical (unpaired) electrons. The fraction of sp³-hybridized carbons (Fsp3) is 0.250. The van der Waals surface area contributed by atoms with Gasteiger partial charge in [0.2, 0.25) is 5.91 Å². The van der Waals surface area contributed by atoms with E-state index in [-0.39, 0.29) is 5.91 Å². The van der Waals surface area contributed by atoms with Crippen molar-refractivity contribution in [1.29, 1.82) is 0 Å². The summed E-state index contributed by atoms with van der Waals surface area (Å²) in [5.41, 5.74) is 2.95. The number of nitrogens with zero attached hydrogens (tertiary/aromatic N) is 2. The SMILES string of the molecule is Cc1ccc(OCc2nc(CCNC(=O)Cc3ccccc3)cs2)cn1. The molecular weight excluding hydrogens is 346 g/mol. The molecule has 0 saturated carbocycles. The Hall–Kier alpha value is -2.73. The number of carbonyl (C=O) groups is 1. The molecule has 0 atom stereocenters. The van der Waals surface area contributed by atoms with Gasteiger partial charge in [-0.2, -0.15) is 0 Å². The summed E-state index contributed by atoms with van der Waals surface area (Å²) >= 11 is 1.56. The molecule has 0 aliphatic heterocycles. The lowest BCUT2D eigenvalue weighted by Gasteiger charge is -2.04. The Bertz CT molecular complexity index is 832. The van der Waals surface area contributed by atoms with Gasteiger partial charge < -0.3 is 10.1 Å². The van der Waals surface area contributed by atoms with Gasteiger partial charge in [0, 0.05) is 24.0 Å². The molecule has 1 N–H and O–H groups in total. The molecule has 1 amide bonds. The van der Waals surface area contributed by atoms with E-state index in [0.29, 0.717) is 26.0 Å². The fourth-order valence-corrected chi connectivity index (χ4v) is 3.13. The van der Waals surface area contributed by atoms with Crippen LogP contribution in [0.1, 0.15) is 22.0 Å². The van der Waals surface area contributed by atoms with E-state index >= 15 is 0 Å². The van der Waals surface area contributed by atoms with Crippen LogP contribution >= 0.6 is 11.3 Å². The Balaban J connectivity index is 1.39. The van der Waals surface area contributed by atoms with Crippen molar-refractivity contribution in [2.24, 2.45) is 0 Å². The van der Waals surface area contributed by atoms with Crippen LogP contribution in [0.5, 0.6) is 5.75 Å². The zero-order valence-electron chi connectivity index (χ0n) is 14.6. The van der Waals surface area contributed by atoms with Crippen LogP contribution in [0.2, 0.25) is 0 Å². The van der Waals surface area contributed by atoms with Gasteiger partial charge in [-0.05, 0) is 24.6 Å². The first kappa shape index (κ1) is 18.1. The third kappa shape index (κ3) is 5.67. The highest BCUT2D eigenvalue weighted by molar-refractivity contribution is 7.09. The zero-order chi connectivity index (χ0) is 18.2. The van der Waals surface area contributed by atoms with Crippen LogP contribution in [0.15, 0.2) is 54.0 Å². The van der Waals surface area contributed by atoms with Crippen LogP contribution in [0.25, 0.3) is 0 Å². The number of rotatable bonds is 8. The highest BCUT2D eigenvalue weighted by Gasteiger charge is 2.06. The van der Waals surface area contributed by atoms with Gasteiger partial charge in [-0.1, -0.05) is 30.3 Å². The first-order chi connectivity index (χ1) is 12.7. The predicted molar refractivity (Wildman–Crippen MR) is 102 cm³/mol. The Labute approximate surface area is 157 Å². The van der Waals surface area contributed by atoms with Crippen LogP contribution in [0.4, 0.5) is 0 Å². The monoisotopic (exact) mass is 367 g/mol. The zero-order valence-corrected chi connectivity index (χ0v) is 15.5. The molecule has 3 rings (SSSR count). The van der Waals surface area contributed by atoms with E-state index < -0.39 is 0 Å². The molecule has 0 unspecified atom stereocenters. The van der Waals surface area contributed by atoms with Gasteiger partial charge in [0.05, 0.1) is 18.3 Å². The summed E-state index contributed by atoms with van der Waals surface area (Å²) in [6.07, 6.45) is 2.83. The summed E-state index contributed by atoms with van der Waals surface area (Å²) in [5.74, 6) is 0.766. The van der Waals surface area contributed by atoms with Crippen LogP contribution < -0.4 is 10.1 Å². The van der Waals surface area contributed by atoms with Gasteiger partial charge in [0.15, 0.2) is 0 Å². The van der Waals surface area contributed by atoms with Crippen molar-refractivity contribution in [1.82, 2.24) is 15.3 Å². The van der Waals surface area contributed by atoms with E-state index in [9.17, 15) is 4.79 Å². The first-order valence-electron chi connectivity index (χ1n) is 8.48. The molecule has 5 nitrogen and oxygen atoms in total. The number of ether oxygens (including phenoxy) is 1. The highest BCUT2D eigenvalue weighted by atomic mass is 32.1. The number of aromatic nitrogens is 2. The quantitative estimate of drug-likeness (QED) is 0.663. The van der Waals surface area contributed by atoms with E-state index in [0.717, 1.165) is 27.7 Å². The number of nitrogens with one attached hydrogen (secondary N) is 1. The number of hydrogen-bond acceptors (Lipinski definition) is 5. The molecule has 2 aromatic heterocycles. The maximum absolute atomic E-state index is 11.9. The Morgan fingerprint density at radius 3 is 2.81 bits per heavy atom. The van der Waals surface area contributed by atoms with Crippen molar-refractivity contribution in [3.05, 3.63) is 76.0 Å². The minimum Gasteiger partial charge on any atom is -0.485 e. The van der Waals surface area contributed by atoms with E-state index in [1.807, 2.05) is 54.8 Å². The maximum Gasteiger partial charge on any atom is 0.224 e. The van der Waals surface area contributed by atoms with Gasteiger partial charge >= 0.3 is 0 Å². The highest BCUT2D eigenvalue weighted by Crippen LogP contribution is 2.15. The minimum absolute atomic E-state index is 0.0295. The van der Waals surface area contributed by atoms with Crippen molar-refractivity contribution in [2.75, 3.05) is 6.54 Å². The molecule has 0 saturated heterocycles. The largest absolute Gasteiger partial charge is 0.485 e. The molecule has 0 aliphatic carbocycles. The molecule has 0 fully saturated rings. The fourth-order valence-electron chi connectivity index (χ4n) is 2.39. The van der Waals surface area contributed by atoms with Gasteiger partial charge in [-0.25, -0.2) is 4.98 Å². The molecule has 0 spiro atoms. The molecule has 134 valence electrons. The predicted octanol–water partition coefficient (Wildman–Crippen LogP) is 3.33. The number of thiazole rings is 1. The van der Waals surface area contributed by atoms with Crippen molar-refractivity contribution in [3.8, 4) is 5.75 Å². The summed E-state index contributed by atoms with van der Waals surface area (Å²) in [6, 6.07) is 13.5. The van der Waals surface area contributed by atoms with Crippen molar-refractivity contribution < 1.29 is 9.53 Å². The van der Waals surface area contributed by atoms with E-state index in [2.05, 4.69) is 15.3 Å². The second-order valence-electron chi connectivity index (χ2n) is 5.92. The number of hydrogen-bond donors (Lipinski definition) is 1. The van der Waals surface area contributed by atoms with E-state index in [1.54, 1.807) is 17.5 Å². The van der Waals surface area contributed by atoms with Crippen molar-refractivity contribution in [2.45, 2.75) is 26.4 Å². The average molecular weight is 367 g/mol. The molecule has 1 aromatic carbocycles. The molecule has 26 heavy (non-hydrogen) atoms. The lowest BCUT2D eigenvalue weighted by atomic mass is 10.1. The number of carbonyl (C=O) groups excluding carboxylic acids is 1. The molecule has 6 heteroatoms. The lowest BCUT2D eigenvalue weighted by molar-refractivity contribution is -0.120. The summed E-state index contributed by atoms with van der Waals surface area (Å²) in [4.78, 5) is 20.7. The Kier molecular flexibility index (Phi) is 6.33. The topological polar surface area (TPSA) is 64.1 Å². The summed E-state index contributed by atoms with van der Waals surface area (Å²) in [5, 5.41) is 5.86.